The second-order valence-electron chi connectivity index (χ2n) is 6.50. The van der Waals surface area contributed by atoms with Crippen LogP contribution in [-0.4, -0.2) is 29.3 Å². The molecule has 0 atom stereocenters. The number of carbonyl (C=O) groups is 1. The van der Waals surface area contributed by atoms with E-state index >= 15 is 0 Å². The van der Waals surface area contributed by atoms with Gasteiger partial charge in [-0.15, -0.1) is 0 Å². The van der Waals surface area contributed by atoms with Gasteiger partial charge in [0.2, 0.25) is 5.91 Å². The Hall–Kier alpha value is -3.81. The van der Waals surface area contributed by atoms with Gasteiger partial charge in [-0.1, -0.05) is 25.1 Å². The van der Waals surface area contributed by atoms with Gasteiger partial charge in [-0.3, -0.25) is 23.5 Å². The number of benzene rings is 2. The second kappa shape index (κ2) is 9.13. The van der Waals surface area contributed by atoms with Gasteiger partial charge in [0.25, 0.3) is 0 Å². The van der Waals surface area contributed by atoms with Crippen LogP contribution in [0.2, 0.25) is 0 Å². The zero-order valence-electron chi connectivity index (χ0n) is 17.0. The first-order chi connectivity index (χ1) is 14.5. The quantitative estimate of drug-likeness (QED) is 0.604. The molecule has 0 unspecified atom stereocenters. The molecule has 0 aliphatic carbocycles. The fourth-order valence-electron chi connectivity index (χ4n) is 3.11. The fraction of sp³-hybridized carbons (Fsp3) is 0.227. The van der Waals surface area contributed by atoms with E-state index in [9.17, 15) is 14.4 Å². The zero-order valence-corrected chi connectivity index (χ0v) is 17.0. The lowest BCUT2D eigenvalue weighted by Gasteiger charge is -2.13. The number of nitrogens with one attached hydrogen (secondary N) is 1. The Bertz CT molecular complexity index is 1180. The number of amides is 1. The van der Waals surface area contributed by atoms with Crippen molar-refractivity contribution in [3.8, 4) is 17.2 Å². The first-order valence-corrected chi connectivity index (χ1v) is 9.40. The molecule has 0 saturated heterocycles. The highest BCUT2D eigenvalue weighted by Crippen LogP contribution is 2.28. The van der Waals surface area contributed by atoms with E-state index in [-0.39, 0.29) is 12.5 Å². The lowest BCUT2D eigenvalue weighted by molar-refractivity contribution is -0.116. The van der Waals surface area contributed by atoms with E-state index in [0.29, 0.717) is 22.9 Å². The summed E-state index contributed by atoms with van der Waals surface area (Å²) in [5, 5.41) is 2.79. The van der Waals surface area contributed by atoms with Gasteiger partial charge in [-0.05, 0) is 30.2 Å². The standard InChI is InChI=1S/C22H23N3O5/c1-4-15-7-5-6-8-17(15)23-20(26)14-24-11-12-25(22(28)21(24)27)16-9-10-18(29-2)19(13-16)30-3/h5-13H,4,14H2,1-3H3,(H,23,26). The van der Waals surface area contributed by atoms with Crippen molar-refractivity contribution in [1.82, 2.24) is 9.13 Å². The number of nitrogens with zero attached hydrogens (tertiary/aromatic N) is 2. The maximum atomic E-state index is 12.6. The molecule has 3 rings (SSSR count). The lowest BCUT2D eigenvalue weighted by Crippen LogP contribution is -2.41. The van der Waals surface area contributed by atoms with E-state index in [2.05, 4.69) is 5.32 Å². The van der Waals surface area contributed by atoms with Crippen LogP contribution in [-0.2, 0) is 17.8 Å². The van der Waals surface area contributed by atoms with Crippen molar-refractivity contribution in [2.75, 3.05) is 19.5 Å². The number of rotatable bonds is 7. The summed E-state index contributed by atoms with van der Waals surface area (Å²) in [7, 11) is 2.99. The average Bonchev–Trinajstić information content (AvgIpc) is 2.77. The van der Waals surface area contributed by atoms with Gasteiger partial charge in [0.1, 0.15) is 6.54 Å². The predicted molar refractivity (Wildman–Crippen MR) is 114 cm³/mol. The average molecular weight is 409 g/mol. The molecule has 1 N–H and O–H groups in total. The van der Waals surface area contributed by atoms with E-state index in [1.54, 1.807) is 24.3 Å². The number of anilines is 1. The number of aryl methyl sites for hydroxylation is 1. The summed E-state index contributed by atoms with van der Waals surface area (Å²) in [6.07, 6.45) is 3.61. The normalized spacial score (nSPS) is 10.5. The van der Waals surface area contributed by atoms with Gasteiger partial charge in [0.15, 0.2) is 11.5 Å². The molecule has 1 amide bonds. The Balaban J connectivity index is 1.86. The van der Waals surface area contributed by atoms with E-state index in [1.807, 2.05) is 25.1 Å². The molecule has 8 heteroatoms. The first kappa shape index (κ1) is 20.9. The van der Waals surface area contributed by atoms with Gasteiger partial charge in [-0.25, -0.2) is 0 Å². The first-order valence-electron chi connectivity index (χ1n) is 9.40. The van der Waals surface area contributed by atoms with Gasteiger partial charge >= 0.3 is 11.1 Å². The Labute approximate surface area is 173 Å². The monoisotopic (exact) mass is 409 g/mol. The third-order valence-electron chi connectivity index (χ3n) is 4.69. The highest BCUT2D eigenvalue weighted by atomic mass is 16.5. The summed E-state index contributed by atoms with van der Waals surface area (Å²) < 4.78 is 12.7. The molecule has 1 heterocycles. The lowest BCUT2D eigenvalue weighted by atomic mass is 10.1. The van der Waals surface area contributed by atoms with Crippen LogP contribution in [0.3, 0.4) is 0 Å². The van der Waals surface area contributed by atoms with Crippen LogP contribution in [0, 0.1) is 0 Å². The molecule has 0 saturated carbocycles. The molecule has 2 aromatic carbocycles. The Morgan fingerprint density at radius 2 is 1.70 bits per heavy atom. The molecule has 0 radical (unpaired) electrons. The summed E-state index contributed by atoms with van der Waals surface area (Å²) in [6.45, 7) is 1.72. The number of methoxy groups -OCH3 is 2. The third-order valence-corrected chi connectivity index (χ3v) is 4.69. The minimum Gasteiger partial charge on any atom is -0.493 e. The summed E-state index contributed by atoms with van der Waals surface area (Å²) >= 11 is 0. The highest BCUT2D eigenvalue weighted by molar-refractivity contribution is 5.91. The van der Waals surface area contributed by atoms with Gasteiger partial charge in [0, 0.05) is 24.1 Å². The molecule has 30 heavy (non-hydrogen) atoms. The number of hydrogen-bond acceptors (Lipinski definition) is 5. The second-order valence-corrected chi connectivity index (χ2v) is 6.50. The topological polar surface area (TPSA) is 91.6 Å². The number of para-hydroxylation sites is 1. The van der Waals surface area contributed by atoms with Crippen molar-refractivity contribution in [2.24, 2.45) is 0 Å². The van der Waals surface area contributed by atoms with Gasteiger partial charge in [-0.2, -0.15) is 0 Å². The predicted octanol–water partition coefficient (Wildman–Crippen LogP) is 2.22. The van der Waals surface area contributed by atoms with Crippen molar-refractivity contribution in [3.05, 3.63) is 81.1 Å². The van der Waals surface area contributed by atoms with E-state index in [1.165, 1.54) is 31.2 Å². The third kappa shape index (κ3) is 4.27. The minimum absolute atomic E-state index is 0.265. The van der Waals surface area contributed by atoms with E-state index in [0.717, 1.165) is 16.6 Å². The molecule has 0 spiro atoms. The molecule has 3 aromatic rings. The van der Waals surface area contributed by atoms with Crippen LogP contribution in [0.4, 0.5) is 5.69 Å². The molecule has 0 aliphatic heterocycles. The van der Waals surface area contributed by atoms with Crippen LogP contribution in [0.1, 0.15) is 12.5 Å². The highest BCUT2D eigenvalue weighted by Gasteiger charge is 2.13. The fourth-order valence-corrected chi connectivity index (χ4v) is 3.11. The number of aromatic nitrogens is 2. The van der Waals surface area contributed by atoms with Crippen LogP contribution in [0.5, 0.6) is 11.5 Å². The van der Waals surface area contributed by atoms with E-state index in [4.69, 9.17) is 9.47 Å². The Kier molecular flexibility index (Phi) is 6.36. The smallest absolute Gasteiger partial charge is 0.320 e. The SMILES string of the molecule is CCc1ccccc1NC(=O)Cn1ccn(-c2ccc(OC)c(OC)c2)c(=O)c1=O. The molecular formula is C22H23N3O5. The largest absolute Gasteiger partial charge is 0.493 e. The molecule has 8 nitrogen and oxygen atoms in total. The van der Waals surface area contributed by atoms with Crippen molar-refractivity contribution in [3.63, 3.8) is 0 Å². The summed E-state index contributed by atoms with van der Waals surface area (Å²) in [5.41, 5.74) is 0.555. The summed E-state index contributed by atoms with van der Waals surface area (Å²) in [5.74, 6) is 0.549. The minimum atomic E-state index is -0.800. The maximum absolute atomic E-state index is 12.6. The van der Waals surface area contributed by atoms with Crippen LogP contribution < -0.4 is 25.9 Å². The van der Waals surface area contributed by atoms with Gasteiger partial charge < -0.3 is 14.8 Å². The molecule has 0 fully saturated rings. The Morgan fingerprint density at radius 1 is 0.967 bits per heavy atom. The molecular weight excluding hydrogens is 386 g/mol. The summed E-state index contributed by atoms with van der Waals surface area (Å²) in [4.78, 5) is 37.6. The molecule has 1 aromatic heterocycles. The van der Waals surface area contributed by atoms with Crippen LogP contribution in [0.25, 0.3) is 5.69 Å². The van der Waals surface area contributed by atoms with Crippen LogP contribution >= 0.6 is 0 Å². The van der Waals surface area contributed by atoms with Crippen molar-refractivity contribution in [1.29, 1.82) is 0 Å². The van der Waals surface area contributed by atoms with Gasteiger partial charge in [0.05, 0.1) is 19.9 Å². The molecule has 0 aliphatic rings. The van der Waals surface area contributed by atoms with Crippen molar-refractivity contribution < 1.29 is 14.3 Å². The van der Waals surface area contributed by atoms with Crippen LogP contribution in [0.15, 0.2) is 64.4 Å². The number of ether oxygens (including phenoxy) is 2. The number of hydrogen-bond donors (Lipinski definition) is 1. The zero-order chi connectivity index (χ0) is 21.7. The van der Waals surface area contributed by atoms with Crippen molar-refractivity contribution in [2.45, 2.75) is 19.9 Å². The summed E-state index contributed by atoms with van der Waals surface area (Å²) in [6, 6.07) is 12.3. The number of carbonyl (C=O) groups excluding carboxylic acids is 1. The Morgan fingerprint density at radius 3 is 2.40 bits per heavy atom. The van der Waals surface area contributed by atoms with Crippen molar-refractivity contribution >= 4 is 11.6 Å². The maximum Gasteiger partial charge on any atom is 0.320 e. The molecule has 156 valence electrons. The molecule has 0 bridgehead atoms. The van der Waals surface area contributed by atoms with E-state index < -0.39 is 11.1 Å².